The number of benzene rings is 2. The van der Waals surface area contributed by atoms with Gasteiger partial charge < -0.3 is 4.74 Å². The van der Waals surface area contributed by atoms with Crippen LogP contribution in [0.3, 0.4) is 0 Å². The van der Waals surface area contributed by atoms with E-state index >= 15 is 0 Å². The minimum Gasteiger partial charge on any atom is -0.454 e. The van der Waals surface area contributed by atoms with E-state index in [0.717, 1.165) is 16.3 Å². The third-order valence-electron chi connectivity index (χ3n) is 3.44. The largest absolute Gasteiger partial charge is 0.454 e. The molecule has 0 aliphatic carbocycles. The lowest BCUT2D eigenvalue weighted by atomic mass is 10.0. The molecule has 0 fully saturated rings. The Hall–Kier alpha value is -2.68. The van der Waals surface area contributed by atoms with Crippen LogP contribution >= 0.6 is 0 Å². The Morgan fingerprint density at radius 1 is 1.05 bits per heavy atom. The first-order chi connectivity index (χ1) is 10.3. The van der Waals surface area contributed by atoms with Crippen LogP contribution in [0.25, 0.3) is 10.8 Å². The van der Waals surface area contributed by atoms with E-state index in [-0.39, 0.29) is 12.1 Å². The fourth-order valence-corrected chi connectivity index (χ4v) is 2.38. The average molecular weight is 277 g/mol. The Morgan fingerprint density at radius 2 is 1.86 bits per heavy atom. The minimum absolute atomic E-state index is 0.316. The van der Waals surface area contributed by atoms with Gasteiger partial charge in [-0.3, -0.25) is 4.98 Å². The molecule has 21 heavy (non-hydrogen) atoms. The topological polar surface area (TPSA) is 39.2 Å². The molecule has 104 valence electrons. The molecule has 0 bridgehead atoms. The second kappa shape index (κ2) is 5.75. The van der Waals surface area contributed by atoms with E-state index in [1.165, 1.54) is 6.20 Å². The van der Waals surface area contributed by atoms with Crippen molar-refractivity contribution in [2.45, 2.75) is 13.0 Å². The van der Waals surface area contributed by atoms with Gasteiger partial charge in [0.05, 0.1) is 5.56 Å². The number of esters is 1. The number of fused-ring (bicyclic) bond motifs is 1. The Morgan fingerprint density at radius 3 is 2.67 bits per heavy atom. The Labute approximate surface area is 123 Å². The van der Waals surface area contributed by atoms with E-state index in [9.17, 15) is 4.79 Å². The van der Waals surface area contributed by atoms with Crippen molar-refractivity contribution in [3.63, 3.8) is 0 Å². The molecule has 3 heteroatoms. The van der Waals surface area contributed by atoms with E-state index in [0.29, 0.717) is 5.56 Å². The quantitative estimate of drug-likeness (QED) is 0.675. The van der Waals surface area contributed by atoms with Crippen molar-refractivity contribution in [1.29, 1.82) is 0 Å². The molecule has 1 aromatic heterocycles. The third-order valence-corrected chi connectivity index (χ3v) is 3.44. The molecule has 1 atom stereocenters. The zero-order valence-corrected chi connectivity index (χ0v) is 11.7. The molecular formula is C18H15NO2. The molecular weight excluding hydrogens is 262 g/mol. The molecule has 0 amide bonds. The normalized spacial score (nSPS) is 12.0. The minimum atomic E-state index is -0.358. The second-order valence-corrected chi connectivity index (χ2v) is 4.86. The maximum Gasteiger partial charge on any atom is 0.340 e. The predicted molar refractivity (Wildman–Crippen MR) is 82.0 cm³/mol. The van der Waals surface area contributed by atoms with Gasteiger partial charge in [-0.2, -0.15) is 0 Å². The Bertz CT molecular complexity index is 763. The number of pyridine rings is 1. The molecule has 3 nitrogen and oxygen atoms in total. The summed E-state index contributed by atoms with van der Waals surface area (Å²) in [6.45, 7) is 1.88. The van der Waals surface area contributed by atoms with Crippen molar-refractivity contribution in [3.05, 3.63) is 78.1 Å². The van der Waals surface area contributed by atoms with Gasteiger partial charge in [0, 0.05) is 12.4 Å². The average Bonchev–Trinajstić information content (AvgIpc) is 2.55. The van der Waals surface area contributed by atoms with Gasteiger partial charge in [-0.25, -0.2) is 4.79 Å². The van der Waals surface area contributed by atoms with Crippen LogP contribution in [0.5, 0.6) is 0 Å². The standard InChI is InChI=1S/C18H15NO2/c1-13(21-18(20)15-8-5-11-19-12-15)16-10-4-7-14-6-2-3-9-17(14)16/h2-13H,1H3/t13-/m1/s1. The first-order valence-corrected chi connectivity index (χ1v) is 6.84. The lowest BCUT2D eigenvalue weighted by Crippen LogP contribution is -2.09. The highest BCUT2D eigenvalue weighted by molar-refractivity contribution is 5.90. The molecule has 0 aliphatic heterocycles. The van der Waals surface area contributed by atoms with Crippen LogP contribution in [0, 0.1) is 0 Å². The third kappa shape index (κ3) is 2.77. The lowest BCUT2D eigenvalue weighted by molar-refractivity contribution is 0.0340. The van der Waals surface area contributed by atoms with Crippen molar-refractivity contribution < 1.29 is 9.53 Å². The summed E-state index contributed by atoms with van der Waals surface area (Å²) >= 11 is 0. The highest BCUT2D eigenvalue weighted by atomic mass is 16.5. The first kappa shape index (κ1) is 13.3. The lowest BCUT2D eigenvalue weighted by Gasteiger charge is -2.15. The summed E-state index contributed by atoms with van der Waals surface area (Å²) < 4.78 is 5.55. The van der Waals surface area contributed by atoms with Crippen LogP contribution in [-0.4, -0.2) is 11.0 Å². The number of nitrogens with zero attached hydrogens (tertiary/aromatic N) is 1. The zero-order valence-electron chi connectivity index (χ0n) is 11.7. The number of carbonyl (C=O) groups excluding carboxylic acids is 1. The Kier molecular flexibility index (Phi) is 3.65. The molecule has 2 aromatic carbocycles. The SMILES string of the molecule is C[C@@H](OC(=O)c1cccnc1)c1cccc2ccccc12. The number of ether oxygens (including phenoxy) is 1. The van der Waals surface area contributed by atoms with Crippen LogP contribution in [-0.2, 0) is 4.74 Å². The van der Waals surface area contributed by atoms with Gasteiger partial charge in [0.15, 0.2) is 0 Å². The van der Waals surface area contributed by atoms with Gasteiger partial charge in [0.2, 0.25) is 0 Å². The van der Waals surface area contributed by atoms with Gasteiger partial charge in [-0.1, -0.05) is 42.5 Å². The second-order valence-electron chi connectivity index (χ2n) is 4.86. The molecule has 3 aromatic rings. The number of hydrogen-bond acceptors (Lipinski definition) is 3. The van der Waals surface area contributed by atoms with Crippen LogP contribution in [0.15, 0.2) is 67.0 Å². The fraction of sp³-hybridized carbons (Fsp3) is 0.111. The number of rotatable bonds is 3. The summed E-state index contributed by atoms with van der Waals surface area (Å²) in [7, 11) is 0. The maximum absolute atomic E-state index is 12.1. The molecule has 0 saturated carbocycles. The molecule has 0 spiro atoms. The monoisotopic (exact) mass is 277 g/mol. The maximum atomic E-state index is 12.1. The van der Waals surface area contributed by atoms with E-state index in [1.807, 2.05) is 37.3 Å². The molecule has 0 radical (unpaired) electrons. The first-order valence-electron chi connectivity index (χ1n) is 6.84. The predicted octanol–water partition coefficient (Wildman–Crippen LogP) is 4.15. The number of aromatic nitrogens is 1. The van der Waals surface area contributed by atoms with Crippen LogP contribution in [0.4, 0.5) is 0 Å². The van der Waals surface area contributed by atoms with Crippen LogP contribution in [0.1, 0.15) is 28.9 Å². The zero-order chi connectivity index (χ0) is 14.7. The van der Waals surface area contributed by atoms with Crippen molar-refractivity contribution in [1.82, 2.24) is 4.98 Å². The molecule has 0 N–H and O–H groups in total. The summed E-state index contributed by atoms with van der Waals surface area (Å²) in [5, 5.41) is 2.24. The van der Waals surface area contributed by atoms with Crippen molar-refractivity contribution >= 4 is 16.7 Å². The van der Waals surface area contributed by atoms with E-state index < -0.39 is 0 Å². The summed E-state index contributed by atoms with van der Waals surface area (Å²) in [6.07, 6.45) is 2.83. The smallest absolute Gasteiger partial charge is 0.340 e. The summed E-state index contributed by atoms with van der Waals surface area (Å²) in [5.74, 6) is -0.358. The highest BCUT2D eigenvalue weighted by Crippen LogP contribution is 2.26. The van der Waals surface area contributed by atoms with E-state index in [4.69, 9.17) is 4.74 Å². The van der Waals surface area contributed by atoms with Gasteiger partial charge in [-0.05, 0) is 35.4 Å². The van der Waals surface area contributed by atoms with Gasteiger partial charge in [-0.15, -0.1) is 0 Å². The van der Waals surface area contributed by atoms with E-state index in [2.05, 4.69) is 17.1 Å². The van der Waals surface area contributed by atoms with Crippen molar-refractivity contribution in [3.8, 4) is 0 Å². The van der Waals surface area contributed by atoms with Crippen molar-refractivity contribution in [2.75, 3.05) is 0 Å². The summed E-state index contributed by atoms with van der Waals surface area (Å²) in [4.78, 5) is 16.0. The van der Waals surface area contributed by atoms with Crippen LogP contribution in [0.2, 0.25) is 0 Å². The summed E-state index contributed by atoms with van der Waals surface area (Å²) in [6, 6.07) is 17.5. The molecule has 3 rings (SSSR count). The molecule has 0 saturated heterocycles. The number of hydrogen-bond donors (Lipinski definition) is 0. The van der Waals surface area contributed by atoms with Gasteiger partial charge >= 0.3 is 5.97 Å². The van der Waals surface area contributed by atoms with Gasteiger partial charge in [0.25, 0.3) is 0 Å². The van der Waals surface area contributed by atoms with Gasteiger partial charge in [0.1, 0.15) is 6.10 Å². The number of carbonyl (C=O) groups is 1. The molecule has 0 aliphatic rings. The fourth-order valence-electron chi connectivity index (χ4n) is 2.38. The molecule has 1 heterocycles. The highest BCUT2D eigenvalue weighted by Gasteiger charge is 2.15. The van der Waals surface area contributed by atoms with Crippen LogP contribution < -0.4 is 0 Å². The Balaban J connectivity index is 1.88. The van der Waals surface area contributed by atoms with Crippen molar-refractivity contribution in [2.24, 2.45) is 0 Å². The molecule has 0 unspecified atom stereocenters. The van der Waals surface area contributed by atoms with E-state index in [1.54, 1.807) is 18.3 Å². The summed E-state index contributed by atoms with van der Waals surface area (Å²) in [5.41, 5.74) is 1.47.